The van der Waals surface area contributed by atoms with Crippen LogP contribution in [-0.4, -0.2) is 31.5 Å². The van der Waals surface area contributed by atoms with Gasteiger partial charge in [-0.2, -0.15) is 0 Å². The Hall–Kier alpha value is -1.14. The van der Waals surface area contributed by atoms with E-state index in [0.29, 0.717) is 18.0 Å². The molecule has 4 nitrogen and oxygen atoms in total. The van der Waals surface area contributed by atoms with E-state index in [9.17, 15) is 4.79 Å². The van der Waals surface area contributed by atoms with Crippen molar-refractivity contribution in [2.24, 2.45) is 5.73 Å². The van der Waals surface area contributed by atoms with Crippen LogP contribution in [0.1, 0.15) is 12.0 Å². The van der Waals surface area contributed by atoms with Gasteiger partial charge in [0.15, 0.2) is 0 Å². The standard InChI is InChI=1S/C12H16BrN3OS/c1-15-11(17)5-6-16(2)8-3-4-9(12(14)18)10(13)7-8/h3-4,7H,5-6H2,1-2H3,(H2,14,18)(H,15,17). The van der Waals surface area contributed by atoms with E-state index in [2.05, 4.69) is 21.2 Å². The van der Waals surface area contributed by atoms with Gasteiger partial charge in [0.2, 0.25) is 5.91 Å². The van der Waals surface area contributed by atoms with E-state index in [1.165, 1.54) is 0 Å². The van der Waals surface area contributed by atoms with Gasteiger partial charge in [0.05, 0.1) is 0 Å². The first kappa shape index (κ1) is 14.9. The maximum Gasteiger partial charge on any atom is 0.221 e. The molecule has 0 aliphatic rings. The molecule has 0 aliphatic carbocycles. The van der Waals surface area contributed by atoms with Gasteiger partial charge in [0.1, 0.15) is 4.99 Å². The molecule has 18 heavy (non-hydrogen) atoms. The molecule has 0 unspecified atom stereocenters. The van der Waals surface area contributed by atoms with Crippen LogP contribution in [0.15, 0.2) is 22.7 Å². The minimum absolute atomic E-state index is 0.0284. The number of benzene rings is 1. The Morgan fingerprint density at radius 1 is 1.56 bits per heavy atom. The molecule has 0 aliphatic heterocycles. The lowest BCUT2D eigenvalue weighted by atomic mass is 10.2. The molecule has 0 radical (unpaired) electrons. The molecule has 6 heteroatoms. The Kier molecular flexibility index (Phi) is 5.55. The van der Waals surface area contributed by atoms with Gasteiger partial charge in [-0.05, 0) is 34.1 Å². The van der Waals surface area contributed by atoms with Crippen LogP contribution in [0.3, 0.4) is 0 Å². The number of carbonyl (C=O) groups excluding carboxylic acids is 1. The molecule has 0 fully saturated rings. The van der Waals surface area contributed by atoms with Crippen molar-refractivity contribution in [3.05, 3.63) is 28.2 Å². The molecule has 0 saturated carbocycles. The Labute approximate surface area is 121 Å². The maximum atomic E-state index is 11.2. The van der Waals surface area contributed by atoms with Crippen LogP contribution < -0.4 is 16.0 Å². The molecule has 98 valence electrons. The van der Waals surface area contributed by atoms with Crippen LogP contribution in [-0.2, 0) is 4.79 Å². The molecule has 0 heterocycles. The highest BCUT2D eigenvalue weighted by molar-refractivity contribution is 9.10. The first-order chi connectivity index (χ1) is 8.45. The van der Waals surface area contributed by atoms with Gasteiger partial charge in [0, 0.05) is 42.8 Å². The summed E-state index contributed by atoms with van der Waals surface area (Å²) in [6.07, 6.45) is 0.460. The van der Waals surface area contributed by atoms with Gasteiger partial charge < -0.3 is 16.0 Å². The third kappa shape index (κ3) is 3.96. The molecule has 1 amide bonds. The zero-order chi connectivity index (χ0) is 13.7. The fourth-order valence-corrected chi connectivity index (χ4v) is 2.35. The first-order valence-electron chi connectivity index (χ1n) is 5.46. The van der Waals surface area contributed by atoms with Crippen molar-refractivity contribution >= 4 is 44.7 Å². The Morgan fingerprint density at radius 2 is 2.22 bits per heavy atom. The molecule has 1 aromatic carbocycles. The molecule has 1 rings (SSSR count). The average molecular weight is 330 g/mol. The van der Waals surface area contributed by atoms with E-state index >= 15 is 0 Å². The average Bonchev–Trinajstić information content (AvgIpc) is 2.34. The topological polar surface area (TPSA) is 58.4 Å². The van der Waals surface area contributed by atoms with E-state index in [1.54, 1.807) is 7.05 Å². The number of hydrogen-bond donors (Lipinski definition) is 2. The number of hydrogen-bond acceptors (Lipinski definition) is 3. The summed E-state index contributed by atoms with van der Waals surface area (Å²) < 4.78 is 0.860. The van der Waals surface area contributed by atoms with Crippen molar-refractivity contribution in [2.45, 2.75) is 6.42 Å². The second-order valence-electron chi connectivity index (χ2n) is 3.87. The molecule has 1 aromatic rings. The summed E-state index contributed by atoms with van der Waals surface area (Å²) in [5, 5.41) is 2.60. The monoisotopic (exact) mass is 329 g/mol. The summed E-state index contributed by atoms with van der Waals surface area (Å²) in [5.74, 6) is 0.0284. The zero-order valence-electron chi connectivity index (χ0n) is 10.4. The van der Waals surface area contributed by atoms with Crippen LogP contribution >= 0.6 is 28.1 Å². The second kappa shape index (κ2) is 6.70. The van der Waals surface area contributed by atoms with E-state index in [-0.39, 0.29) is 5.91 Å². The van der Waals surface area contributed by atoms with Gasteiger partial charge >= 0.3 is 0 Å². The Bertz CT molecular complexity index is 465. The van der Waals surface area contributed by atoms with Crippen LogP contribution in [0, 0.1) is 0 Å². The zero-order valence-corrected chi connectivity index (χ0v) is 12.8. The largest absolute Gasteiger partial charge is 0.389 e. The van der Waals surface area contributed by atoms with Crippen molar-refractivity contribution in [3.8, 4) is 0 Å². The van der Waals surface area contributed by atoms with Crippen molar-refractivity contribution < 1.29 is 4.79 Å². The quantitative estimate of drug-likeness (QED) is 0.806. The lowest BCUT2D eigenvalue weighted by Crippen LogP contribution is -2.26. The van der Waals surface area contributed by atoms with E-state index < -0.39 is 0 Å². The summed E-state index contributed by atoms with van der Waals surface area (Å²) in [7, 11) is 3.57. The van der Waals surface area contributed by atoms with E-state index in [0.717, 1.165) is 15.7 Å². The van der Waals surface area contributed by atoms with E-state index in [4.69, 9.17) is 18.0 Å². The number of anilines is 1. The van der Waals surface area contributed by atoms with Crippen LogP contribution in [0.25, 0.3) is 0 Å². The number of rotatable bonds is 5. The lowest BCUT2D eigenvalue weighted by molar-refractivity contribution is -0.120. The smallest absolute Gasteiger partial charge is 0.221 e. The predicted octanol–water partition coefficient (Wildman–Crippen LogP) is 1.66. The van der Waals surface area contributed by atoms with Gasteiger partial charge in [-0.25, -0.2) is 0 Å². The van der Waals surface area contributed by atoms with Crippen molar-refractivity contribution in [2.75, 3.05) is 25.5 Å². The number of nitrogens with zero attached hydrogens (tertiary/aromatic N) is 1. The van der Waals surface area contributed by atoms with E-state index in [1.807, 2.05) is 30.1 Å². The highest BCUT2D eigenvalue weighted by atomic mass is 79.9. The maximum absolute atomic E-state index is 11.2. The summed E-state index contributed by atoms with van der Waals surface area (Å²) in [6, 6.07) is 5.75. The number of thiocarbonyl (C=S) groups is 1. The molecule has 3 N–H and O–H groups in total. The van der Waals surface area contributed by atoms with Gasteiger partial charge in [-0.3, -0.25) is 4.79 Å². The molecule has 0 atom stereocenters. The SMILES string of the molecule is CNC(=O)CCN(C)c1ccc(C(N)=S)c(Br)c1. The summed E-state index contributed by atoms with van der Waals surface area (Å²) in [5.41, 5.74) is 7.41. The molecular weight excluding hydrogens is 314 g/mol. The highest BCUT2D eigenvalue weighted by Crippen LogP contribution is 2.23. The first-order valence-corrected chi connectivity index (χ1v) is 6.67. The Morgan fingerprint density at radius 3 is 2.72 bits per heavy atom. The minimum atomic E-state index is 0.0284. The molecule has 0 aromatic heterocycles. The van der Waals surface area contributed by atoms with Crippen molar-refractivity contribution in [1.82, 2.24) is 5.32 Å². The second-order valence-corrected chi connectivity index (χ2v) is 5.17. The van der Waals surface area contributed by atoms with Gasteiger partial charge in [-0.15, -0.1) is 0 Å². The lowest BCUT2D eigenvalue weighted by Gasteiger charge is -2.19. The molecule has 0 bridgehead atoms. The van der Waals surface area contributed by atoms with Gasteiger partial charge in [-0.1, -0.05) is 12.2 Å². The number of nitrogens with one attached hydrogen (secondary N) is 1. The summed E-state index contributed by atoms with van der Waals surface area (Å²) in [6.45, 7) is 0.651. The minimum Gasteiger partial charge on any atom is -0.389 e. The van der Waals surface area contributed by atoms with Crippen LogP contribution in [0.4, 0.5) is 5.69 Å². The van der Waals surface area contributed by atoms with Crippen molar-refractivity contribution in [3.63, 3.8) is 0 Å². The summed E-state index contributed by atoms with van der Waals surface area (Å²) in [4.78, 5) is 13.5. The fraction of sp³-hybridized carbons (Fsp3) is 0.333. The predicted molar refractivity (Wildman–Crippen MR) is 82.0 cm³/mol. The molecule has 0 spiro atoms. The van der Waals surface area contributed by atoms with Crippen LogP contribution in [0.2, 0.25) is 0 Å². The third-order valence-corrected chi connectivity index (χ3v) is 3.49. The number of amides is 1. The number of halogens is 1. The molecular formula is C12H16BrN3OS. The molecule has 0 saturated heterocycles. The van der Waals surface area contributed by atoms with Crippen molar-refractivity contribution in [1.29, 1.82) is 0 Å². The number of nitrogens with two attached hydrogens (primary N) is 1. The van der Waals surface area contributed by atoms with Gasteiger partial charge in [0.25, 0.3) is 0 Å². The highest BCUT2D eigenvalue weighted by Gasteiger charge is 2.08. The summed E-state index contributed by atoms with van der Waals surface area (Å²) >= 11 is 8.38. The normalized spacial score (nSPS) is 9.94. The number of carbonyl (C=O) groups is 1. The Balaban J connectivity index is 2.75. The fourth-order valence-electron chi connectivity index (χ4n) is 1.46. The van der Waals surface area contributed by atoms with Crippen LogP contribution in [0.5, 0.6) is 0 Å². The third-order valence-electron chi connectivity index (χ3n) is 2.61.